The molecule has 0 saturated heterocycles. The summed E-state index contributed by atoms with van der Waals surface area (Å²) in [6, 6.07) is 8.98. The van der Waals surface area contributed by atoms with Gasteiger partial charge in [-0.15, -0.1) is 11.3 Å². The number of thiocarbonyl (C=S) groups is 1. The van der Waals surface area contributed by atoms with Crippen LogP contribution in [0.3, 0.4) is 0 Å². The van der Waals surface area contributed by atoms with Gasteiger partial charge in [-0.25, -0.2) is 0 Å². The van der Waals surface area contributed by atoms with Crippen LogP contribution in [0.2, 0.25) is 4.34 Å². The minimum absolute atomic E-state index is 0.0666. The summed E-state index contributed by atoms with van der Waals surface area (Å²) in [6.07, 6.45) is 1.45. The van der Waals surface area contributed by atoms with Gasteiger partial charge in [0.2, 0.25) is 0 Å². The molecule has 1 heterocycles. The van der Waals surface area contributed by atoms with Crippen LogP contribution in [0.25, 0.3) is 10.4 Å². The van der Waals surface area contributed by atoms with E-state index in [0.717, 1.165) is 10.4 Å². The van der Waals surface area contributed by atoms with Gasteiger partial charge in [0.1, 0.15) is 5.75 Å². The topological polar surface area (TPSA) is 70.6 Å². The van der Waals surface area contributed by atoms with E-state index in [1.165, 1.54) is 17.6 Å². The second-order valence-corrected chi connectivity index (χ2v) is 5.77. The van der Waals surface area contributed by atoms with Gasteiger partial charge < -0.3 is 10.8 Å². The number of halogens is 1. The number of hydrazone groups is 1. The van der Waals surface area contributed by atoms with Crippen LogP contribution < -0.4 is 11.2 Å². The lowest BCUT2D eigenvalue weighted by atomic mass is 10.1. The third-order valence-electron chi connectivity index (χ3n) is 2.26. The molecule has 2 aromatic rings. The van der Waals surface area contributed by atoms with Gasteiger partial charge in [0.25, 0.3) is 0 Å². The van der Waals surface area contributed by atoms with Crippen LogP contribution >= 0.6 is 35.2 Å². The number of nitrogens with two attached hydrogens (primary N) is 1. The number of aromatic hydroxyl groups is 1. The number of hydrogen-bond donors (Lipinski definition) is 3. The van der Waals surface area contributed by atoms with E-state index in [0.29, 0.717) is 9.90 Å². The number of nitrogens with one attached hydrogen (secondary N) is 1. The average Bonchev–Trinajstić information content (AvgIpc) is 2.78. The molecule has 0 amide bonds. The Bertz CT molecular complexity index is 640. The zero-order valence-electron chi connectivity index (χ0n) is 9.63. The molecule has 2 rings (SSSR count). The fourth-order valence-corrected chi connectivity index (χ4v) is 2.54. The van der Waals surface area contributed by atoms with Crippen LogP contribution in [0.1, 0.15) is 5.56 Å². The normalized spacial score (nSPS) is 10.8. The van der Waals surface area contributed by atoms with Crippen molar-refractivity contribution in [2.45, 2.75) is 0 Å². The Balaban J connectivity index is 2.29. The maximum absolute atomic E-state index is 9.75. The minimum Gasteiger partial charge on any atom is -0.507 e. The lowest BCUT2D eigenvalue weighted by Gasteiger charge is -2.02. The molecule has 0 unspecified atom stereocenters. The first-order chi connectivity index (χ1) is 9.06. The van der Waals surface area contributed by atoms with Gasteiger partial charge in [0.05, 0.1) is 10.6 Å². The van der Waals surface area contributed by atoms with Gasteiger partial charge in [0, 0.05) is 10.4 Å². The van der Waals surface area contributed by atoms with Crippen LogP contribution in [0, 0.1) is 0 Å². The average molecular weight is 312 g/mol. The van der Waals surface area contributed by atoms with Crippen molar-refractivity contribution in [3.8, 4) is 16.2 Å². The van der Waals surface area contributed by atoms with E-state index in [1.54, 1.807) is 6.07 Å². The Morgan fingerprint density at radius 2 is 2.21 bits per heavy atom. The van der Waals surface area contributed by atoms with Crippen LogP contribution in [-0.4, -0.2) is 16.4 Å². The van der Waals surface area contributed by atoms with E-state index in [-0.39, 0.29) is 10.9 Å². The van der Waals surface area contributed by atoms with Crippen LogP contribution in [0.4, 0.5) is 0 Å². The highest BCUT2D eigenvalue weighted by Gasteiger charge is 2.05. The molecule has 0 aliphatic heterocycles. The summed E-state index contributed by atoms with van der Waals surface area (Å²) in [6.45, 7) is 0. The first-order valence-corrected chi connectivity index (χ1v) is 6.84. The summed E-state index contributed by atoms with van der Waals surface area (Å²) < 4.78 is 0.716. The van der Waals surface area contributed by atoms with Crippen LogP contribution in [0.5, 0.6) is 5.75 Å². The molecule has 0 aliphatic carbocycles. The van der Waals surface area contributed by atoms with Gasteiger partial charge in [-0.2, -0.15) is 5.10 Å². The molecule has 0 aliphatic rings. The smallest absolute Gasteiger partial charge is 0.184 e. The molecule has 0 spiro atoms. The maximum Gasteiger partial charge on any atom is 0.184 e. The first kappa shape index (κ1) is 13.8. The Hall–Kier alpha value is -1.63. The highest BCUT2D eigenvalue weighted by Crippen LogP contribution is 2.32. The van der Waals surface area contributed by atoms with Gasteiger partial charge in [-0.05, 0) is 48.1 Å². The van der Waals surface area contributed by atoms with Crippen molar-refractivity contribution in [3.63, 3.8) is 0 Å². The number of hydrogen-bond acceptors (Lipinski definition) is 4. The summed E-state index contributed by atoms with van der Waals surface area (Å²) in [7, 11) is 0. The van der Waals surface area contributed by atoms with Crippen molar-refractivity contribution < 1.29 is 5.11 Å². The molecule has 98 valence electrons. The highest BCUT2D eigenvalue weighted by atomic mass is 35.5. The zero-order valence-corrected chi connectivity index (χ0v) is 12.0. The van der Waals surface area contributed by atoms with Gasteiger partial charge in [0.15, 0.2) is 5.11 Å². The molecule has 7 heteroatoms. The monoisotopic (exact) mass is 311 g/mol. The van der Waals surface area contributed by atoms with E-state index < -0.39 is 0 Å². The van der Waals surface area contributed by atoms with E-state index in [2.05, 4.69) is 22.7 Å². The Labute approximate surface area is 124 Å². The fourth-order valence-electron chi connectivity index (χ4n) is 1.45. The minimum atomic E-state index is 0.0666. The predicted octanol–water partition coefficient (Wildman–Crippen LogP) is 2.94. The molecule has 4 nitrogen and oxygen atoms in total. The standard InChI is InChI=1S/C12H10ClN3OS2/c13-11-4-3-10(19-11)7-1-2-9(17)8(5-7)6-15-16-12(14)18/h1-6,17H,(H3,14,16,18). The third-order valence-corrected chi connectivity index (χ3v) is 3.64. The van der Waals surface area contributed by atoms with Crippen LogP contribution in [0.15, 0.2) is 35.4 Å². The maximum atomic E-state index is 9.75. The van der Waals surface area contributed by atoms with Crippen LogP contribution in [-0.2, 0) is 0 Å². The molecule has 0 bridgehead atoms. The highest BCUT2D eigenvalue weighted by molar-refractivity contribution is 7.80. The molecule has 1 aromatic carbocycles. The molecule has 0 fully saturated rings. The van der Waals surface area contributed by atoms with Gasteiger partial charge in [-0.1, -0.05) is 11.6 Å². The molecular formula is C12H10ClN3OS2. The number of benzene rings is 1. The molecule has 0 radical (unpaired) electrons. The molecule has 19 heavy (non-hydrogen) atoms. The lowest BCUT2D eigenvalue weighted by molar-refractivity contribution is 0.474. The Morgan fingerprint density at radius 1 is 1.42 bits per heavy atom. The van der Waals surface area contributed by atoms with Crippen molar-refractivity contribution in [1.82, 2.24) is 5.43 Å². The fraction of sp³-hybridized carbons (Fsp3) is 0. The van der Waals surface area contributed by atoms with Crippen molar-refractivity contribution in [2.75, 3.05) is 0 Å². The summed E-state index contributed by atoms with van der Waals surface area (Å²) in [5.41, 5.74) is 9.19. The summed E-state index contributed by atoms with van der Waals surface area (Å²) in [5.74, 6) is 0.125. The first-order valence-electron chi connectivity index (χ1n) is 5.23. The molecule has 1 aromatic heterocycles. The number of thiophene rings is 1. The second-order valence-electron chi connectivity index (χ2n) is 3.61. The molecule has 4 N–H and O–H groups in total. The summed E-state index contributed by atoms with van der Waals surface area (Å²) in [5, 5.41) is 13.6. The molecule has 0 saturated carbocycles. The third kappa shape index (κ3) is 3.66. The SMILES string of the molecule is NC(=S)NN=Cc1cc(-c2ccc(Cl)s2)ccc1O. The second kappa shape index (κ2) is 6.01. The Morgan fingerprint density at radius 3 is 2.84 bits per heavy atom. The van der Waals surface area contributed by atoms with E-state index in [4.69, 9.17) is 17.3 Å². The number of rotatable bonds is 3. The summed E-state index contributed by atoms with van der Waals surface area (Å²) >= 11 is 12.0. The van der Waals surface area contributed by atoms with E-state index >= 15 is 0 Å². The molecular weight excluding hydrogens is 302 g/mol. The quantitative estimate of drug-likeness (QED) is 0.463. The van der Waals surface area contributed by atoms with Gasteiger partial charge in [-0.3, -0.25) is 5.43 Å². The van der Waals surface area contributed by atoms with Gasteiger partial charge >= 0.3 is 0 Å². The Kier molecular flexibility index (Phi) is 4.36. The largest absolute Gasteiger partial charge is 0.507 e. The number of nitrogens with zero attached hydrogens (tertiary/aromatic N) is 1. The number of phenols is 1. The van der Waals surface area contributed by atoms with E-state index in [1.807, 2.05) is 24.3 Å². The molecule has 0 atom stereocenters. The zero-order chi connectivity index (χ0) is 13.8. The lowest BCUT2D eigenvalue weighted by Crippen LogP contribution is -2.23. The number of phenolic OH excluding ortho intramolecular Hbond substituents is 1. The summed E-state index contributed by atoms with van der Waals surface area (Å²) in [4.78, 5) is 1.02. The van der Waals surface area contributed by atoms with Crippen molar-refractivity contribution >= 4 is 46.5 Å². The van der Waals surface area contributed by atoms with E-state index in [9.17, 15) is 5.11 Å². The van der Waals surface area contributed by atoms with Crippen molar-refractivity contribution in [1.29, 1.82) is 0 Å². The van der Waals surface area contributed by atoms with Crippen molar-refractivity contribution in [2.24, 2.45) is 10.8 Å². The van der Waals surface area contributed by atoms with Crippen molar-refractivity contribution in [3.05, 3.63) is 40.2 Å². The predicted molar refractivity (Wildman–Crippen MR) is 83.9 cm³/mol.